The van der Waals surface area contributed by atoms with E-state index in [1.807, 2.05) is 0 Å². The molecule has 0 aliphatic carbocycles. The molecule has 1 unspecified atom stereocenters. The fourth-order valence-corrected chi connectivity index (χ4v) is 1.78. The summed E-state index contributed by atoms with van der Waals surface area (Å²) in [4.78, 5) is 2.39. The number of rotatable bonds is 3. The average Bonchev–Trinajstić information content (AvgIpc) is 2.03. The van der Waals surface area contributed by atoms with E-state index in [0.717, 1.165) is 13.1 Å². The number of hydrogen-bond donors (Lipinski definition) is 1. The number of likely N-dealkylation sites (tertiary alicyclic amines) is 1. The molecule has 1 heterocycles. The Bertz CT molecular complexity index is 128. The SMILES string of the molecule is CO[C@H]1CCCN(CC(C)N)C1. The van der Waals surface area contributed by atoms with Crippen LogP contribution in [0.15, 0.2) is 0 Å². The van der Waals surface area contributed by atoms with Gasteiger partial charge in [-0.2, -0.15) is 0 Å². The molecule has 1 saturated heterocycles. The Hall–Kier alpha value is -0.120. The third-order valence-electron chi connectivity index (χ3n) is 2.34. The monoisotopic (exact) mass is 172 g/mol. The lowest BCUT2D eigenvalue weighted by atomic mass is 10.1. The molecule has 0 aromatic rings. The summed E-state index contributed by atoms with van der Waals surface area (Å²) in [5.74, 6) is 0. The maximum Gasteiger partial charge on any atom is 0.0698 e. The third kappa shape index (κ3) is 3.09. The minimum Gasteiger partial charge on any atom is -0.380 e. The third-order valence-corrected chi connectivity index (χ3v) is 2.34. The number of methoxy groups -OCH3 is 1. The fraction of sp³-hybridized carbons (Fsp3) is 1.00. The Balaban J connectivity index is 2.25. The molecule has 1 aliphatic rings. The molecule has 2 atom stereocenters. The van der Waals surface area contributed by atoms with Gasteiger partial charge >= 0.3 is 0 Å². The van der Waals surface area contributed by atoms with E-state index >= 15 is 0 Å². The molecule has 0 radical (unpaired) electrons. The van der Waals surface area contributed by atoms with Crippen molar-refractivity contribution in [3.8, 4) is 0 Å². The highest BCUT2D eigenvalue weighted by atomic mass is 16.5. The van der Waals surface area contributed by atoms with E-state index in [1.165, 1.54) is 19.4 Å². The Morgan fingerprint density at radius 3 is 3.00 bits per heavy atom. The Kier molecular flexibility index (Phi) is 3.98. The molecule has 1 rings (SSSR count). The normalized spacial score (nSPS) is 28.8. The summed E-state index contributed by atoms with van der Waals surface area (Å²) in [7, 11) is 1.79. The van der Waals surface area contributed by atoms with Gasteiger partial charge in [0.1, 0.15) is 0 Å². The summed E-state index contributed by atoms with van der Waals surface area (Å²) in [6, 6.07) is 0.278. The first-order valence-electron chi connectivity index (χ1n) is 4.73. The first kappa shape index (κ1) is 9.96. The lowest BCUT2D eigenvalue weighted by molar-refractivity contribution is 0.0300. The quantitative estimate of drug-likeness (QED) is 0.671. The van der Waals surface area contributed by atoms with Gasteiger partial charge in [0, 0.05) is 26.2 Å². The van der Waals surface area contributed by atoms with Gasteiger partial charge in [-0.25, -0.2) is 0 Å². The van der Waals surface area contributed by atoms with Gasteiger partial charge in [-0.05, 0) is 26.3 Å². The zero-order chi connectivity index (χ0) is 8.97. The molecule has 0 aromatic heterocycles. The molecule has 2 N–H and O–H groups in total. The number of nitrogens with zero attached hydrogens (tertiary/aromatic N) is 1. The second-order valence-electron chi connectivity index (χ2n) is 3.74. The molecule has 1 fully saturated rings. The van der Waals surface area contributed by atoms with Gasteiger partial charge in [0.25, 0.3) is 0 Å². The van der Waals surface area contributed by atoms with Crippen molar-refractivity contribution in [3.05, 3.63) is 0 Å². The van der Waals surface area contributed by atoms with E-state index in [1.54, 1.807) is 7.11 Å². The summed E-state index contributed by atoms with van der Waals surface area (Å²) in [6.07, 6.45) is 2.87. The van der Waals surface area contributed by atoms with Gasteiger partial charge in [-0.1, -0.05) is 0 Å². The van der Waals surface area contributed by atoms with Crippen LogP contribution in [-0.4, -0.2) is 43.8 Å². The molecular weight excluding hydrogens is 152 g/mol. The second-order valence-corrected chi connectivity index (χ2v) is 3.74. The highest BCUT2D eigenvalue weighted by Crippen LogP contribution is 2.11. The fourth-order valence-electron chi connectivity index (χ4n) is 1.78. The van der Waals surface area contributed by atoms with E-state index in [4.69, 9.17) is 10.5 Å². The molecule has 1 aliphatic heterocycles. The molecule has 0 spiro atoms. The summed E-state index contributed by atoms with van der Waals surface area (Å²) < 4.78 is 5.32. The second kappa shape index (κ2) is 4.80. The van der Waals surface area contributed by atoms with Crippen molar-refractivity contribution in [3.63, 3.8) is 0 Å². The number of piperidine rings is 1. The van der Waals surface area contributed by atoms with Crippen LogP contribution in [0.2, 0.25) is 0 Å². The predicted molar refractivity (Wildman–Crippen MR) is 50.1 cm³/mol. The van der Waals surface area contributed by atoms with Crippen LogP contribution in [0.4, 0.5) is 0 Å². The zero-order valence-corrected chi connectivity index (χ0v) is 8.12. The number of ether oxygens (including phenoxy) is 1. The first-order valence-corrected chi connectivity index (χ1v) is 4.73. The molecule has 12 heavy (non-hydrogen) atoms. The Morgan fingerprint density at radius 1 is 1.67 bits per heavy atom. The number of nitrogens with two attached hydrogens (primary N) is 1. The predicted octanol–water partition coefficient (Wildman–Crippen LogP) is 0.444. The lowest BCUT2D eigenvalue weighted by Crippen LogP contribution is -2.44. The average molecular weight is 172 g/mol. The van der Waals surface area contributed by atoms with Gasteiger partial charge in [-0.15, -0.1) is 0 Å². The first-order chi connectivity index (χ1) is 5.72. The van der Waals surface area contributed by atoms with E-state index in [9.17, 15) is 0 Å². The molecule has 0 saturated carbocycles. The van der Waals surface area contributed by atoms with Crippen LogP contribution in [-0.2, 0) is 4.74 Å². The highest BCUT2D eigenvalue weighted by molar-refractivity contribution is 4.74. The highest BCUT2D eigenvalue weighted by Gasteiger charge is 2.19. The Labute approximate surface area is 74.9 Å². The standard InChI is InChI=1S/C9H20N2O/c1-8(10)6-11-5-3-4-9(7-11)12-2/h8-9H,3-7,10H2,1-2H3/t8?,9-/m0/s1. The molecule has 0 bridgehead atoms. The molecule has 0 aromatic carbocycles. The van der Waals surface area contributed by atoms with Crippen molar-refractivity contribution in [1.82, 2.24) is 4.90 Å². The van der Waals surface area contributed by atoms with Gasteiger partial charge in [0.2, 0.25) is 0 Å². The maximum absolute atomic E-state index is 5.73. The molecule has 0 amide bonds. The Morgan fingerprint density at radius 2 is 2.42 bits per heavy atom. The smallest absolute Gasteiger partial charge is 0.0698 e. The van der Waals surface area contributed by atoms with Crippen LogP contribution in [0, 0.1) is 0 Å². The van der Waals surface area contributed by atoms with Crippen LogP contribution in [0.25, 0.3) is 0 Å². The van der Waals surface area contributed by atoms with Crippen molar-refractivity contribution in [1.29, 1.82) is 0 Å². The van der Waals surface area contributed by atoms with E-state index in [-0.39, 0.29) is 6.04 Å². The summed E-state index contributed by atoms with van der Waals surface area (Å²) in [6.45, 7) is 5.29. The maximum atomic E-state index is 5.73. The van der Waals surface area contributed by atoms with Crippen molar-refractivity contribution in [2.75, 3.05) is 26.7 Å². The van der Waals surface area contributed by atoms with Crippen LogP contribution >= 0.6 is 0 Å². The summed E-state index contributed by atoms with van der Waals surface area (Å²) in [5.41, 5.74) is 5.73. The lowest BCUT2D eigenvalue weighted by Gasteiger charge is -2.32. The summed E-state index contributed by atoms with van der Waals surface area (Å²) >= 11 is 0. The molecule has 3 heteroatoms. The topological polar surface area (TPSA) is 38.5 Å². The minimum atomic E-state index is 0.278. The van der Waals surface area contributed by atoms with Crippen LogP contribution in [0.1, 0.15) is 19.8 Å². The number of hydrogen-bond acceptors (Lipinski definition) is 3. The van der Waals surface area contributed by atoms with Crippen molar-refractivity contribution in [2.45, 2.75) is 31.9 Å². The van der Waals surface area contributed by atoms with Crippen molar-refractivity contribution >= 4 is 0 Å². The summed E-state index contributed by atoms with van der Waals surface area (Å²) in [5, 5.41) is 0. The van der Waals surface area contributed by atoms with E-state index in [0.29, 0.717) is 6.10 Å². The van der Waals surface area contributed by atoms with Gasteiger partial charge in [0.15, 0.2) is 0 Å². The van der Waals surface area contributed by atoms with Crippen LogP contribution in [0.5, 0.6) is 0 Å². The van der Waals surface area contributed by atoms with Gasteiger partial charge < -0.3 is 10.5 Å². The minimum absolute atomic E-state index is 0.278. The molecule has 72 valence electrons. The van der Waals surface area contributed by atoms with E-state index < -0.39 is 0 Å². The van der Waals surface area contributed by atoms with Crippen LogP contribution in [0.3, 0.4) is 0 Å². The van der Waals surface area contributed by atoms with Gasteiger partial charge in [0.05, 0.1) is 6.10 Å². The molecular formula is C9H20N2O. The van der Waals surface area contributed by atoms with Crippen molar-refractivity contribution in [2.24, 2.45) is 5.73 Å². The van der Waals surface area contributed by atoms with Crippen LogP contribution < -0.4 is 5.73 Å². The van der Waals surface area contributed by atoms with Gasteiger partial charge in [-0.3, -0.25) is 4.90 Å². The zero-order valence-electron chi connectivity index (χ0n) is 8.12. The van der Waals surface area contributed by atoms with Crippen molar-refractivity contribution < 1.29 is 4.74 Å². The van der Waals surface area contributed by atoms with E-state index in [2.05, 4.69) is 11.8 Å². The largest absolute Gasteiger partial charge is 0.380 e. The molecule has 3 nitrogen and oxygen atoms in total.